The Morgan fingerprint density at radius 1 is 0.844 bits per heavy atom. The van der Waals surface area contributed by atoms with E-state index in [0.717, 1.165) is 45.5 Å². The zero-order valence-corrected chi connectivity index (χ0v) is 21.6. The summed E-state index contributed by atoms with van der Waals surface area (Å²) in [5.74, 6) is -0.0468. The third kappa shape index (κ3) is 18.4. The molecule has 1 saturated heterocycles. The number of methoxy groups -OCH3 is 1. The van der Waals surface area contributed by atoms with Crippen molar-refractivity contribution < 1.29 is 23.8 Å². The van der Waals surface area contributed by atoms with Crippen LogP contribution in [0.25, 0.3) is 0 Å². The van der Waals surface area contributed by atoms with E-state index in [1.54, 1.807) is 7.11 Å². The van der Waals surface area contributed by atoms with Crippen LogP contribution in [-0.2, 0) is 19.1 Å². The van der Waals surface area contributed by atoms with Gasteiger partial charge in [-0.15, -0.1) is 4.65 Å². The van der Waals surface area contributed by atoms with Crippen molar-refractivity contribution in [3.8, 4) is 0 Å². The number of hydroxylamine groups is 3. The lowest BCUT2D eigenvalue weighted by molar-refractivity contribution is -1.09. The number of likely N-dealkylation sites (N-methyl/N-ethyl adjacent to an activating group) is 1. The normalized spacial score (nSPS) is 15.6. The van der Waals surface area contributed by atoms with Crippen LogP contribution in [0.3, 0.4) is 0 Å². The van der Waals surface area contributed by atoms with Crippen molar-refractivity contribution in [1.82, 2.24) is 0 Å². The highest BCUT2D eigenvalue weighted by molar-refractivity contribution is 5.68. The molecule has 1 aliphatic heterocycles. The molecule has 32 heavy (non-hydrogen) atoms. The van der Waals surface area contributed by atoms with Crippen LogP contribution in [0.4, 0.5) is 0 Å². The molecule has 1 fully saturated rings. The predicted molar refractivity (Wildman–Crippen MR) is 134 cm³/mol. The first-order valence-corrected chi connectivity index (χ1v) is 13.1. The summed E-state index contributed by atoms with van der Waals surface area (Å²) in [7, 11) is 1.68. The minimum atomic E-state index is -0.0468. The summed E-state index contributed by atoms with van der Waals surface area (Å²) >= 11 is 0. The first-order chi connectivity index (χ1) is 15.6. The molecule has 1 aliphatic rings. The molecule has 0 amide bonds. The second-order valence-corrected chi connectivity index (χ2v) is 8.46. The Morgan fingerprint density at radius 3 is 1.97 bits per heavy atom. The van der Waals surface area contributed by atoms with Gasteiger partial charge in [0.05, 0.1) is 19.6 Å². The molecule has 0 aromatic rings. The van der Waals surface area contributed by atoms with Gasteiger partial charge >= 0.3 is 5.97 Å². The Labute approximate surface area is 198 Å². The molecule has 0 spiro atoms. The Kier molecular flexibility index (Phi) is 22.2. The highest BCUT2D eigenvalue weighted by atomic mass is 16.7. The van der Waals surface area contributed by atoms with Gasteiger partial charge in [-0.05, 0) is 52.4 Å². The van der Waals surface area contributed by atoms with Gasteiger partial charge in [-0.25, -0.2) is 4.79 Å². The van der Waals surface area contributed by atoms with Gasteiger partial charge in [0.15, 0.2) is 0 Å². The van der Waals surface area contributed by atoms with Gasteiger partial charge in [-0.1, -0.05) is 63.3 Å². The van der Waals surface area contributed by atoms with Crippen LogP contribution < -0.4 is 0 Å². The number of morpholine rings is 1. The number of rotatable bonds is 17. The molecule has 1 rings (SSSR count). The van der Waals surface area contributed by atoms with Gasteiger partial charge in [0, 0.05) is 13.7 Å². The molecule has 5 nitrogen and oxygen atoms in total. The standard InChI is InChI=1S/C24H44NO3.C3H8O/c1-3-5-6-7-8-9-10-11-12-13-14-15-16-17-18-19-24(26)28-25(4-2)20-22-27-23-21-25;1-3-4-2/h8-9,11-12H,3-7,10,13-23H2,1-2H3;3H2,1-2H3/q+1;/b9-8-,12-11-;. The third-order valence-corrected chi connectivity index (χ3v) is 5.78. The number of hydrogen-bond acceptors (Lipinski definition) is 4. The van der Waals surface area contributed by atoms with E-state index in [-0.39, 0.29) is 5.97 Å². The first-order valence-electron chi connectivity index (χ1n) is 13.1. The SMILES string of the molecule is CCCCC/C=C\C/C=C\CCCCCCCC(=O)O[N+]1(CC)CCOCC1.CCOC. The van der Waals surface area contributed by atoms with Gasteiger partial charge in [0.25, 0.3) is 0 Å². The molecule has 0 bridgehead atoms. The summed E-state index contributed by atoms with van der Waals surface area (Å²) in [6.07, 6.45) is 22.9. The Balaban J connectivity index is 0.00000220. The molecule has 0 atom stereocenters. The van der Waals surface area contributed by atoms with E-state index < -0.39 is 0 Å². The molecule has 1 heterocycles. The maximum atomic E-state index is 12.1. The summed E-state index contributed by atoms with van der Waals surface area (Å²) in [6.45, 7) is 10.9. The number of quaternary nitrogens is 1. The zero-order valence-electron chi connectivity index (χ0n) is 21.6. The van der Waals surface area contributed by atoms with Gasteiger partial charge in [0.2, 0.25) is 0 Å². The van der Waals surface area contributed by atoms with Crippen molar-refractivity contribution in [2.45, 2.75) is 97.8 Å². The molecule has 0 N–H and O–H groups in total. The summed E-state index contributed by atoms with van der Waals surface area (Å²) in [5, 5.41) is 0. The van der Waals surface area contributed by atoms with Crippen molar-refractivity contribution in [2.24, 2.45) is 0 Å². The molecule has 0 aromatic carbocycles. The largest absolute Gasteiger partial charge is 0.385 e. The monoisotopic (exact) mass is 454 g/mol. The maximum absolute atomic E-state index is 12.1. The third-order valence-electron chi connectivity index (χ3n) is 5.78. The van der Waals surface area contributed by atoms with E-state index in [0.29, 0.717) is 24.3 Å². The number of allylic oxidation sites excluding steroid dienone is 4. The van der Waals surface area contributed by atoms with Gasteiger partial charge in [-0.2, -0.15) is 0 Å². The molecular weight excluding hydrogens is 402 g/mol. The topological polar surface area (TPSA) is 44.8 Å². The quantitative estimate of drug-likeness (QED) is 0.138. The summed E-state index contributed by atoms with van der Waals surface area (Å²) in [6, 6.07) is 0. The molecule has 5 heteroatoms. The van der Waals surface area contributed by atoms with E-state index in [1.807, 2.05) is 6.92 Å². The minimum Gasteiger partial charge on any atom is -0.385 e. The second kappa shape index (κ2) is 23.0. The average Bonchev–Trinajstić information content (AvgIpc) is 2.82. The van der Waals surface area contributed by atoms with Crippen LogP contribution in [0.1, 0.15) is 97.8 Å². The van der Waals surface area contributed by atoms with Crippen molar-refractivity contribution in [2.75, 3.05) is 46.6 Å². The lowest BCUT2D eigenvalue weighted by atomic mass is 10.1. The van der Waals surface area contributed by atoms with Gasteiger partial charge in [0.1, 0.15) is 19.6 Å². The number of ether oxygens (including phenoxy) is 2. The van der Waals surface area contributed by atoms with E-state index in [4.69, 9.17) is 9.57 Å². The number of hydrogen-bond donors (Lipinski definition) is 0. The summed E-state index contributed by atoms with van der Waals surface area (Å²) in [5.41, 5.74) is 0. The Bertz CT molecular complexity index is 468. The Morgan fingerprint density at radius 2 is 1.41 bits per heavy atom. The predicted octanol–water partition coefficient (Wildman–Crippen LogP) is 6.78. The summed E-state index contributed by atoms with van der Waals surface area (Å²) < 4.78 is 10.4. The summed E-state index contributed by atoms with van der Waals surface area (Å²) in [4.78, 5) is 17.9. The van der Waals surface area contributed by atoms with E-state index in [2.05, 4.69) is 42.9 Å². The number of carbonyl (C=O) groups excluding carboxylic acids is 1. The minimum absolute atomic E-state index is 0.0468. The van der Waals surface area contributed by atoms with Crippen LogP contribution in [0.5, 0.6) is 0 Å². The highest BCUT2D eigenvalue weighted by Gasteiger charge is 2.33. The van der Waals surface area contributed by atoms with Crippen molar-refractivity contribution in [3.05, 3.63) is 24.3 Å². The molecule has 0 unspecified atom stereocenters. The Hall–Kier alpha value is -1.17. The number of carbonyl (C=O) groups is 1. The zero-order chi connectivity index (χ0) is 23.8. The fourth-order valence-corrected chi connectivity index (χ4v) is 3.49. The van der Waals surface area contributed by atoms with Crippen molar-refractivity contribution >= 4 is 5.97 Å². The molecule has 0 aliphatic carbocycles. The number of nitrogens with zero attached hydrogens (tertiary/aromatic N) is 1. The molecule has 0 radical (unpaired) electrons. The number of unbranched alkanes of at least 4 members (excludes halogenated alkanes) is 8. The van der Waals surface area contributed by atoms with Crippen LogP contribution in [-0.4, -0.2) is 57.2 Å². The molecule has 188 valence electrons. The molecule has 0 aromatic heterocycles. The van der Waals surface area contributed by atoms with Crippen LogP contribution in [0, 0.1) is 0 Å². The van der Waals surface area contributed by atoms with Crippen molar-refractivity contribution in [1.29, 1.82) is 0 Å². The molecular formula is C27H52NO4+. The maximum Gasteiger partial charge on any atom is 0.366 e. The first kappa shape index (κ1) is 30.8. The van der Waals surface area contributed by atoms with E-state index in [1.165, 1.54) is 51.4 Å². The van der Waals surface area contributed by atoms with Crippen LogP contribution >= 0.6 is 0 Å². The van der Waals surface area contributed by atoms with Crippen molar-refractivity contribution in [3.63, 3.8) is 0 Å². The van der Waals surface area contributed by atoms with Gasteiger partial charge in [-0.3, -0.25) is 4.84 Å². The fraction of sp³-hybridized carbons (Fsp3) is 0.815. The highest BCUT2D eigenvalue weighted by Crippen LogP contribution is 2.15. The van der Waals surface area contributed by atoms with Crippen LogP contribution in [0.15, 0.2) is 24.3 Å². The lowest BCUT2D eigenvalue weighted by Gasteiger charge is -2.36. The lowest BCUT2D eigenvalue weighted by Crippen LogP contribution is -2.55. The second-order valence-electron chi connectivity index (χ2n) is 8.46. The van der Waals surface area contributed by atoms with E-state index >= 15 is 0 Å². The van der Waals surface area contributed by atoms with Crippen LogP contribution in [0.2, 0.25) is 0 Å². The van der Waals surface area contributed by atoms with Gasteiger partial charge < -0.3 is 9.47 Å². The van der Waals surface area contributed by atoms with E-state index in [9.17, 15) is 4.79 Å². The fourth-order valence-electron chi connectivity index (χ4n) is 3.49. The molecule has 0 saturated carbocycles. The average molecular weight is 455 g/mol. The smallest absolute Gasteiger partial charge is 0.366 e.